The van der Waals surface area contributed by atoms with Gasteiger partial charge >= 0.3 is 5.97 Å². The molecule has 2 heterocycles. The van der Waals surface area contributed by atoms with E-state index in [9.17, 15) is 19.7 Å². The molecule has 1 saturated heterocycles. The zero-order valence-electron chi connectivity index (χ0n) is 18.4. The number of amides is 1. The predicted octanol–water partition coefficient (Wildman–Crippen LogP) is 3.87. The molecule has 1 amide bonds. The van der Waals surface area contributed by atoms with Gasteiger partial charge in [-0.3, -0.25) is 14.9 Å². The zero-order valence-corrected chi connectivity index (χ0v) is 19.3. The first-order valence-corrected chi connectivity index (χ1v) is 11.8. The molecular weight excluding hydrogens is 456 g/mol. The largest absolute Gasteiger partial charge is 0.455 e. The topological polar surface area (TPSA) is 115 Å². The van der Waals surface area contributed by atoms with Crippen LogP contribution in [0.1, 0.15) is 39.5 Å². The molecule has 176 valence electrons. The number of nitro benzene ring substituents is 1. The Balaban J connectivity index is 1.35. The van der Waals surface area contributed by atoms with Crippen LogP contribution in [0, 0.1) is 10.1 Å². The number of ether oxygens (including phenoxy) is 1. The Morgan fingerprint density at radius 1 is 1.15 bits per heavy atom. The summed E-state index contributed by atoms with van der Waals surface area (Å²) >= 11 is 1.32. The molecule has 1 aliphatic rings. The van der Waals surface area contributed by atoms with Gasteiger partial charge in [-0.25, -0.2) is 9.78 Å². The molecule has 1 fully saturated rings. The van der Waals surface area contributed by atoms with E-state index in [1.165, 1.54) is 23.5 Å². The fourth-order valence-corrected chi connectivity index (χ4v) is 4.52. The van der Waals surface area contributed by atoms with Crippen LogP contribution in [0.2, 0.25) is 0 Å². The number of aromatic nitrogens is 1. The van der Waals surface area contributed by atoms with Crippen LogP contribution in [0.5, 0.6) is 0 Å². The minimum Gasteiger partial charge on any atom is -0.455 e. The van der Waals surface area contributed by atoms with Gasteiger partial charge < -0.3 is 15.0 Å². The van der Waals surface area contributed by atoms with E-state index in [2.05, 4.69) is 10.3 Å². The van der Waals surface area contributed by atoms with Crippen molar-refractivity contribution in [3.63, 3.8) is 0 Å². The highest BCUT2D eigenvalue weighted by Gasteiger charge is 2.23. The number of hydrogen-bond acceptors (Lipinski definition) is 8. The molecule has 0 radical (unpaired) electrons. The van der Waals surface area contributed by atoms with E-state index in [4.69, 9.17) is 4.74 Å². The summed E-state index contributed by atoms with van der Waals surface area (Å²) in [5, 5.41) is 16.4. The van der Waals surface area contributed by atoms with Crippen LogP contribution in [-0.2, 0) is 29.1 Å². The van der Waals surface area contributed by atoms with E-state index in [1.807, 2.05) is 35.2 Å². The van der Waals surface area contributed by atoms with Gasteiger partial charge in [-0.15, -0.1) is 11.3 Å². The molecule has 1 aliphatic heterocycles. The van der Waals surface area contributed by atoms with E-state index in [-0.39, 0.29) is 30.2 Å². The quantitative estimate of drug-likeness (QED) is 0.281. The molecule has 4 rings (SSSR count). The highest BCUT2D eigenvalue weighted by Crippen LogP contribution is 2.29. The number of nitrogens with zero attached hydrogens (tertiary/aromatic N) is 3. The molecule has 0 unspecified atom stereocenters. The average molecular weight is 481 g/mol. The summed E-state index contributed by atoms with van der Waals surface area (Å²) in [4.78, 5) is 42.1. The Morgan fingerprint density at radius 3 is 2.65 bits per heavy atom. The first-order chi connectivity index (χ1) is 16.5. The SMILES string of the molecule is O=C(Cc1nc(COC(=O)c2cc([N+](=O)[O-])ccc2N2CCCC2)cs1)NCc1ccccc1. The minimum atomic E-state index is -0.638. The number of carbonyl (C=O) groups excluding carboxylic acids is 2. The number of nitrogens with one attached hydrogen (secondary N) is 1. The van der Waals surface area contributed by atoms with Gasteiger partial charge in [-0.1, -0.05) is 30.3 Å². The number of esters is 1. The summed E-state index contributed by atoms with van der Waals surface area (Å²) in [5.41, 5.74) is 2.19. The first-order valence-electron chi connectivity index (χ1n) is 10.9. The number of anilines is 1. The highest BCUT2D eigenvalue weighted by atomic mass is 32.1. The Morgan fingerprint density at radius 2 is 1.91 bits per heavy atom. The number of hydrogen-bond donors (Lipinski definition) is 1. The molecule has 3 aromatic rings. The summed E-state index contributed by atoms with van der Waals surface area (Å²) in [5.74, 6) is -0.783. The molecule has 2 aromatic carbocycles. The van der Waals surface area contributed by atoms with Gasteiger partial charge in [0.2, 0.25) is 5.91 Å². The molecular formula is C24H24N4O5S. The monoisotopic (exact) mass is 480 g/mol. The standard InChI is InChI=1S/C24H24N4O5S/c29-22(25-14-17-6-2-1-3-7-17)13-23-26-18(16-34-23)15-33-24(30)20-12-19(28(31)32)8-9-21(20)27-10-4-5-11-27/h1-3,6-9,12,16H,4-5,10-11,13-15H2,(H,25,29). The molecule has 34 heavy (non-hydrogen) atoms. The minimum absolute atomic E-state index is 0.0803. The van der Waals surface area contributed by atoms with Crippen molar-refractivity contribution in [3.8, 4) is 0 Å². The van der Waals surface area contributed by atoms with Gasteiger partial charge in [0, 0.05) is 37.1 Å². The van der Waals surface area contributed by atoms with E-state index in [0.717, 1.165) is 31.5 Å². The lowest BCUT2D eigenvalue weighted by Crippen LogP contribution is -2.24. The number of rotatable bonds is 9. The maximum absolute atomic E-state index is 12.8. The van der Waals surface area contributed by atoms with Crippen LogP contribution in [-0.4, -0.2) is 34.9 Å². The number of thiazole rings is 1. The smallest absolute Gasteiger partial charge is 0.340 e. The number of nitro groups is 1. The number of benzene rings is 2. The van der Waals surface area contributed by atoms with Crippen molar-refractivity contribution in [1.82, 2.24) is 10.3 Å². The molecule has 1 N–H and O–H groups in total. The van der Waals surface area contributed by atoms with Crippen molar-refractivity contribution in [2.75, 3.05) is 18.0 Å². The summed E-state index contributed by atoms with van der Waals surface area (Å²) in [6, 6.07) is 13.9. The van der Waals surface area contributed by atoms with E-state index in [1.54, 1.807) is 11.4 Å². The third kappa shape index (κ3) is 5.96. The summed E-state index contributed by atoms with van der Waals surface area (Å²) in [6.45, 7) is 1.95. The fourth-order valence-electron chi connectivity index (χ4n) is 3.74. The second kappa shape index (κ2) is 10.9. The van der Waals surface area contributed by atoms with Gasteiger partial charge in [-0.2, -0.15) is 0 Å². The lowest BCUT2D eigenvalue weighted by Gasteiger charge is -2.20. The molecule has 1 aromatic heterocycles. The van der Waals surface area contributed by atoms with Crippen molar-refractivity contribution in [1.29, 1.82) is 0 Å². The molecule has 10 heteroatoms. The van der Waals surface area contributed by atoms with E-state index >= 15 is 0 Å². The highest BCUT2D eigenvalue weighted by molar-refractivity contribution is 7.09. The second-order valence-corrected chi connectivity index (χ2v) is 8.84. The van der Waals surface area contributed by atoms with Crippen molar-refractivity contribution >= 4 is 34.6 Å². The Labute approximate surface area is 200 Å². The molecule has 0 atom stereocenters. The summed E-state index contributed by atoms with van der Waals surface area (Å²) in [7, 11) is 0. The molecule has 0 spiro atoms. The maximum Gasteiger partial charge on any atom is 0.340 e. The average Bonchev–Trinajstić information content (AvgIpc) is 3.54. The molecule has 0 aliphatic carbocycles. The van der Waals surface area contributed by atoms with Crippen LogP contribution in [0.15, 0.2) is 53.9 Å². The number of carbonyl (C=O) groups is 2. The lowest BCUT2D eigenvalue weighted by atomic mass is 10.1. The second-order valence-electron chi connectivity index (χ2n) is 7.90. The Bertz CT molecular complexity index is 1180. The zero-order chi connectivity index (χ0) is 23.9. The van der Waals surface area contributed by atoms with Gasteiger partial charge in [-0.05, 0) is 24.5 Å². The predicted molar refractivity (Wildman–Crippen MR) is 128 cm³/mol. The third-order valence-corrected chi connectivity index (χ3v) is 6.35. The van der Waals surface area contributed by atoms with Crippen LogP contribution in [0.4, 0.5) is 11.4 Å². The Hall–Kier alpha value is -3.79. The summed E-state index contributed by atoms with van der Waals surface area (Å²) < 4.78 is 5.43. The molecule has 0 saturated carbocycles. The maximum atomic E-state index is 12.8. The van der Waals surface area contributed by atoms with Gasteiger partial charge in [0.05, 0.1) is 28.3 Å². The van der Waals surface area contributed by atoms with Gasteiger partial charge in [0.1, 0.15) is 11.6 Å². The van der Waals surface area contributed by atoms with Crippen LogP contribution in [0.25, 0.3) is 0 Å². The van der Waals surface area contributed by atoms with Crippen molar-refractivity contribution < 1.29 is 19.2 Å². The normalized spacial score (nSPS) is 13.0. The van der Waals surface area contributed by atoms with Gasteiger partial charge in [0.15, 0.2) is 0 Å². The van der Waals surface area contributed by atoms with Crippen LogP contribution < -0.4 is 10.2 Å². The van der Waals surface area contributed by atoms with Crippen molar-refractivity contribution in [2.24, 2.45) is 0 Å². The van der Waals surface area contributed by atoms with E-state index in [0.29, 0.717) is 22.9 Å². The molecule has 9 nitrogen and oxygen atoms in total. The van der Waals surface area contributed by atoms with Crippen molar-refractivity contribution in [2.45, 2.75) is 32.4 Å². The Kier molecular flexibility index (Phi) is 7.48. The third-order valence-electron chi connectivity index (χ3n) is 5.45. The number of non-ortho nitro benzene ring substituents is 1. The lowest BCUT2D eigenvalue weighted by molar-refractivity contribution is -0.384. The van der Waals surface area contributed by atoms with Crippen LogP contribution in [0.3, 0.4) is 0 Å². The first kappa shape index (κ1) is 23.4. The fraction of sp³-hybridized carbons (Fsp3) is 0.292. The van der Waals surface area contributed by atoms with Gasteiger partial charge in [0.25, 0.3) is 5.69 Å². The summed E-state index contributed by atoms with van der Waals surface area (Å²) in [6.07, 6.45) is 2.15. The van der Waals surface area contributed by atoms with Crippen LogP contribution >= 0.6 is 11.3 Å². The van der Waals surface area contributed by atoms with Crippen molar-refractivity contribution in [3.05, 3.63) is 85.9 Å². The molecule has 0 bridgehead atoms. The van der Waals surface area contributed by atoms with E-state index < -0.39 is 10.9 Å².